The molecular weight excluding hydrogens is 311 g/mol. The molecule has 0 aliphatic carbocycles. The second-order valence-electron chi connectivity index (χ2n) is 5.48. The fourth-order valence-electron chi connectivity index (χ4n) is 2.43. The van der Waals surface area contributed by atoms with Crippen LogP contribution in [0.3, 0.4) is 0 Å². The molecule has 0 radical (unpaired) electrons. The largest absolute Gasteiger partial charge is 0.416 e. The first-order valence-electron chi connectivity index (χ1n) is 7.27. The van der Waals surface area contributed by atoms with Crippen LogP contribution in [0.2, 0.25) is 0 Å². The van der Waals surface area contributed by atoms with Crippen molar-refractivity contribution in [3.8, 4) is 0 Å². The van der Waals surface area contributed by atoms with E-state index in [2.05, 4.69) is 16.0 Å². The highest BCUT2D eigenvalue weighted by Gasteiger charge is 2.32. The number of hydrogen-bond donors (Lipinski definition) is 3. The number of hydrogen-bond acceptors (Lipinski definition) is 3. The zero-order valence-electron chi connectivity index (χ0n) is 12.6. The molecule has 3 N–H and O–H groups in total. The van der Waals surface area contributed by atoms with Crippen molar-refractivity contribution in [2.75, 3.05) is 18.4 Å². The highest BCUT2D eigenvalue weighted by Crippen LogP contribution is 2.32. The fourth-order valence-corrected chi connectivity index (χ4v) is 2.43. The molecule has 23 heavy (non-hydrogen) atoms. The number of carbonyl (C=O) groups excluding carboxylic acids is 2. The van der Waals surface area contributed by atoms with Crippen molar-refractivity contribution in [2.24, 2.45) is 0 Å². The fraction of sp³-hybridized carbons (Fsp3) is 0.467. The highest BCUT2D eigenvalue weighted by molar-refractivity contribution is 5.97. The Morgan fingerprint density at radius 3 is 2.39 bits per heavy atom. The Balaban J connectivity index is 2.24. The van der Waals surface area contributed by atoms with Crippen LogP contribution in [0.5, 0.6) is 0 Å². The first-order valence-corrected chi connectivity index (χ1v) is 7.27. The Bertz CT molecular complexity index is 596. The van der Waals surface area contributed by atoms with E-state index in [1.807, 2.05) is 0 Å². The van der Waals surface area contributed by atoms with Crippen molar-refractivity contribution < 1.29 is 22.8 Å². The van der Waals surface area contributed by atoms with Gasteiger partial charge in [0.25, 0.3) is 5.91 Å². The molecule has 2 amide bonds. The van der Waals surface area contributed by atoms with E-state index >= 15 is 0 Å². The van der Waals surface area contributed by atoms with Crippen LogP contribution in [0.25, 0.3) is 0 Å². The minimum Gasteiger partial charge on any atom is -0.349 e. The summed E-state index contributed by atoms with van der Waals surface area (Å²) in [5.74, 6) is -1.08. The lowest BCUT2D eigenvalue weighted by Crippen LogP contribution is -2.42. The predicted molar refractivity (Wildman–Crippen MR) is 79.1 cm³/mol. The number of alkyl halides is 3. The summed E-state index contributed by atoms with van der Waals surface area (Å²) in [7, 11) is 0. The summed E-state index contributed by atoms with van der Waals surface area (Å²) >= 11 is 0. The SMILES string of the molecule is CC(=O)Nc1cc(C(=O)NC2CCNCC2)cc(C(F)(F)F)c1. The number of carbonyl (C=O) groups is 2. The Kier molecular flexibility index (Phi) is 5.25. The van der Waals surface area contributed by atoms with E-state index in [1.54, 1.807) is 0 Å². The number of amides is 2. The van der Waals surface area contributed by atoms with E-state index in [1.165, 1.54) is 13.0 Å². The summed E-state index contributed by atoms with van der Waals surface area (Å²) in [5, 5.41) is 8.16. The van der Waals surface area contributed by atoms with Gasteiger partial charge in [0.15, 0.2) is 0 Å². The molecule has 1 fully saturated rings. The summed E-state index contributed by atoms with van der Waals surface area (Å²) in [4.78, 5) is 23.3. The molecule has 1 aliphatic heterocycles. The third-order valence-corrected chi connectivity index (χ3v) is 3.52. The molecule has 0 saturated carbocycles. The van der Waals surface area contributed by atoms with E-state index in [4.69, 9.17) is 0 Å². The van der Waals surface area contributed by atoms with E-state index in [9.17, 15) is 22.8 Å². The minimum atomic E-state index is -4.60. The quantitative estimate of drug-likeness (QED) is 0.796. The smallest absolute Gasteiger partial charge is 0.349 e. The summed E-state index contributed by atoms with van der Waals surface area (Å²) in [6.07, 6.45) is -3.15. The second-order valence-corrected chi connectivity index (χ2v) is 5.48. The van der Waals surface area contributed by atoms with Crippen molar-refractivity contribution in [3.05, 3.63) is 29.3 Å². The summed E-state index contributed by atoms with van der Waals surface area (Å²) < 4.78 is 38.9. The molecule has 0 spiro atoms. The zero-order valence-corrected chi connectivity index (χ0v) is 12.6. The Hall–Kier alpha value is -2.09. The van der Waals surface area contributed by atoms with Gasteiger partial charge in [-0.05, 0) is 44.1 Å². The normalized spacial score (nSPS) is 16.0. The van der Waals surface area contributed by atoms with Crippen molar-refractivity contribution in [3.63, 3.8) is 0 Å². The monoisotopic (exact) mass is 329 g/mol. The van der Waals surface area contributed by atoms with Crippen LogP contribution in [0.15, 0.2) is 18.2 Å². The molecule has 126 valence electrons. The van der Waals surface area contributed by atoms with Crippen LogP contribution in [0.1, 0.15) is 35.7 Å². The van der Waals surface area contributed by atoms with Crippen molar-refractivity contribution in [1.82, 2.24) is 10.6 Å². The van der Waals surface area contributed by atoms with Crippen LogP contribution in [0.4, 0.5) is 18.9 Å². The molecule has 0 atom stereocenters. The lowest BCUT2D eigenvalue weighted by molar-refractivity contribution is -0.137. The average molecular weight is 329 g/mol. The number of rotatable bonds is 3. The maximum Gasteiger partial charge on any atom is 0.416 e. The first-order chi connectivity index (χ1) is 10.8. The third kappa shape index (κ3) is 4.95. The number of benzene rings is 1. The molecule has 1 heterocycles. The average Bonchev–Trinajstić information content (AvgIpc) is 2.46. The van der Waals surface area contributed by atoms with E-state index in [0.717, 1.165) is 38.1 Å². The molecule has 0 aromatic heterocycles. The van der Waals surface area contributed by atoms with Crippen LogP contribution >= 0.6 is 0 Å². The predicted octanol–water partition coefficient (Wildman–Crippen LogP) is 2.15. The number of piperidine rings is 1. The maximum absolute atomic E-state index is 13.0. The lowest BCUT2D eigenvalue weighted by atomic mass is 10.0. The molecule has 0 bridgehead atoms. The summed E-state index contributed by atoms with van der Waals surface area (Å²) in [5.41, 5.74) is -1.15. The second kappa shape index (κ2) is 6.99. The maximum atomic E-state index is 13.0. The van der Waals surface area contributed by atoms with Crippen molar-refractivity contribution in [2.45, 2.75) is 32.0 Å². The first kappa shape index (κ1) is 17.3. The molecule has 8 heteroatoms. The van der Waals surface area contributed by atoms with Gasteiger partial charge in [0.1, 0.15) is 0 Å². The van der Waals surface area contributed by atoms with Gasteiger partial charge < -0.3 is 16.0 Å². The van der Waals surface area contributed by atoms with Crippen molar-refractivity contribution in [1.29, 1.82) is 0 Å². The van der Waals surface area contributed by atoms with E-state index in [-0.39, 0.29) is 17.3 Å². The van der Waals surface area contributed by atoms with Gasteiger partial charge in [-0.1, -0.05) is 0 Å². The van der Waals surface area contributed by atoms with Crippen LogP contribution in [0, 0.1) is 0 Å². The molecule has 5 nitrogen and oxygen atoms in total. The molecule has 1 aromatic carbocycles. The Morgan fingerprint density at radius 2 is 1.83 bits per heavy atom. The van der Waals surface area contributed by atoms with E-state index < -0.39 is 23.6 Å². The zero-order chi connectivity index (χ0) is 17.0. The van der Waals surface area contributed by atoms with Crippen LogP contribution in [-0.4, -0.2) is 30.9 Å². The third-order valence-electron chi connectivity index (χ3n) is 3.52. The Labute approximate surface area is 131 Å². The van der Waals surface area contributed by atoms with E-state index in [0.29, 0.717) is 0 Å². The standard InChI is InChI=1S/C15H18F3N3O2/c1-9(22)20-13-7-10(6-11(8-13)15(16,17)18)14(23)21-12-2-4-19-5-3-12/h6-8,12,19H,2-5H2,1H3,(H,20,22)(H,21,23). The van der Waals surface area contributed by atoms with Crippen LogP contribution in [-0.2, 0) is 11.0 Å². The molecule has 0 unspecified atom stereocenters. The summed E-state index contributed by atoms with van der Waals surface area (Å²) in [6, 6.07) is 2.78. The molecule has 1 aromatic rings. The minimum absolute atomic E-state index is 0.0530. The van der Waals surface area contributed by atoms with Gasteiger partial charge >= 0.3 is 6.18 Å². The van der Waals surface area contributed by atoms with Gasteiger partial charge in [-0.25, -0.2) is 0 Å². The number of anilines is 1. The van der Waals surface area contributed by atoms with Crippen LogP contribution < -0.4 is 16.0 Å². The van der Waals surface area contributed by atoms with Gasteiger partial charge in [-0.2, -0.15) is 13.2 Å². The Morgan fingerprint density at radius 1 is 1.17 bits per heavy atom. The van der Waals surface area contributed by atoms with Gasteiger partial charge in [0, 0.05) is 24.2 Å². The molecular formula is C15H18F3N3O2. The number of halogens is 3. The van der Waals surface area contributed by atoms with Gasteiger partial charge in [0.2, 0.25) is 5.91 Å². The molecule has 1 saturated heterocycles. The highest BCUT2D eigenvalue weighted by atomic mass is 19.4. The van der Waals surface area contributed by atoms with Gasteiger partial charge in [-0.3, -0.25) is 9.59 Å². The molecule has 2 rings (SSSR count). The van der Waals surface area contributed by atoms with Gasteiger partial charge in [0.05, 0.1) is 5.56 Å². The van der Waals surface area contributed by atoms with Gasteiger partial charge in [-0.15, -0.1) is 0 Å². The number of nitrogens with one attached hydrogen (secondary N) is 3. The summed E-state index contributed by atoms with van der Waals surface area (Å²) in [6.45, 7) is 2.70. The molecule has 1 aliphatic rings. The van der Waals surface area contributed by atoms with Crippen molar-refractivity contribution >= 4 is 17.5 Å². The lowest BCUT2D eigenvalue weighted by Gasteiger charge is -2.24. The topological polar surface area (TPSA) is 70.2 Å².